The van der Waals surface area contributed by atoms with Gasteiger partial charge in [0.05, 0.1) is 29.6 Å². The number of carbonyl (C=O) groups is 1. The van der Waals surface area contributed by atoms with Crippen molar-refractivity contribution < 1.29 is 14.3 Å². The topological polar surface area (TPSA) is 68.9 Å². The van der Waals surface area contributed by atoms with Crippen LogP contribution >= 0.6 is 11.8 Å². The van der Waals surface area contributed by atoms with Crippen molar-refractivity contribution >= 4 is 39.9 Å². The van der Waals surface area contributed by atoms with Crippen molar-refractivity contribution in [3.63, 3.8) is 0 Å². The first kappa shape index (κ1) is 21.9. The van der Waals surface area contributed by atoms with Crippen molar-refractivity contribution in [2.24, 2.45) is 4.99 Å². The van der Waals surface area contributed by atoms with Gasteiger partial charge in [-0.3, -0.25) is 0 Å². The van der Waals surface area contributed by atoms with Gasteiger partial charge in [-0.15, -0.1) is 0 Å². The molecular formula is C23H30N4O3S. The number of esters is 1. The Hall–Kier alpha value is -2.32. The van der Waals surface area contributed by atoms with Crippen LogP contribution in [0.2, 0.25) is 0 Å². The Bertz CT molecular complexity index is 998. The van der Waals surface area contributed by atoms with Gasteiger partial charge in [-0.2, -0.15) is 4.99 Å². The van der Waals surface area contributed by atoms with E-state index in [-0.39, 0.29) is 5.97 Å². The first-order chi connectivity index (χ1) is 15.2. The molecule has 1 aliphatic carbocycles. The van der Waals surface area contributed by atoms with Gasteiger partial charge in [-0.25, -0.2) is 9.78 Å². The number of aryl methyl sites for hydroxylation is 1. The minimum absolute atomic E-state index is 0.351. The Balaban J connectivity index is 1.62. The van der Waals surface area contributed by atoms with Crippen LogP contribution in [0.25, 0.3) is 11.0 Å². The van der Waals surface area contributed by atoms with Crippen molar-refractivity contribution in [1.29, 1.82) is 0 Å². The Morgan fingerprint density at radius 3 is 2.87 bits per heavy atom. The largest absolute Gasteiger partial charge is 0.465 e. The number of methoxy groups -OCH3 is 2. The fourth-order valence-corrected chi connectivity index (χ4v) is 4.81. The van der Waals surface area contributed by atoms with Crippen LogP contribution in [0.15, 0.2) is 34.8 Å². The SMILES string of the molecule is COCCCN1CS/C1=N\c1nc2cc(C(=O)OC)ccc2n1CCC1=CCCCC1. The van der Waals surface area contributed by atoms with Crippen molar-refractivity contribution in [2.45, 2.75) is 45.1 Å². The van der Waals surface area contributed by atoms with Gasteiger partial charge in [0.1, 0.15) is 0 Å². The number of hydrogen-bond donors (Lipinski definition) is 0. The second-order valence-electron chi connectivity index (χ2n) is 7.89. The molecule has 0 saturated carbocycles. The monoisotopic (exact) mass is 442 g/mol. The summed E-state index contributed by atoms with van der Waals surface area (Å²) in [4.78, 5) is 23.9. The average molecular weight is 443 g/mol. The molecule has 7 nitrogen and oxygen atoms in total. The molecule has 0 spiro atoms. The van der Waals surface area contributed by atoms with Gasteiger partial charge >= 0.3 is 5.97 Å². The molecule has 166 valence electrons. The summed E-state index contributed by atoms with van der Waals surface area (Å²) >= 11 is 1.74. The highest BCUT2D eigenvalue weighted by Gasteiger charge is 2.24. The number of hydrogen-bond acceptors (Lipinski definition) is 6. The summed E-state index contributed by atoms with van der Waals surface area (Å²) in [5, 5.41) is 0.998. The van der Waals surface area contributed by atoms with E-state index in [2.05, 4.69) is 15.5 Å². The van der Waals surface area contributed by atoms with Crippen molar-refractivity contribution in [1.82, 2.24) is 14.5 Å². The summed E-state index contributed by atoms with van der Waals surface area (Å²) in [6.45, 7) is 2.51. The lowest BCUT2D eigenvalue weighted by molar-refractivity contribution is 0.0601. The molecule has 2 aliphatic rings. The van der Waals surface area contributed by atoms with Crippen LogP contribution in [0.1, 0.15) is 48.9 Å². The maximum atomic E-state index is 12.0. The molecule has 0 amide bonds. The lowest BCUT2D eigenvalue weighted by Gasteiger charge is -2.33. The maximum absolute atomic E-state index is 12.0. The van der Waals surface area contributed by atoms with Gasteiger partial charge in [0.2, 0.25) is 5.95 Å². The van der Waals surface area contributed by atoms with Crippen LogP contribution < -0.4 is 0 Å². The van der Waals surface area contributed by atoms with E-state index in [4.69, 9.17) is 19.5 Å². The van der Waals surface area contributed by atoms with Gasteiger partial charge in [0, 0.05) is 26.8 Å². The number of thioether (sulfide) groups is 1. The quantitative estimate of drug-likeness (QED) is 0.317. The normalized spacial score (nSPS) is 17.7. The molecule has 0 atom stereocenters. The molecule has 1 fully saturated rings. The Morgan fingerprint density at radius 1 is 1.26 bits per heavy atom. The van der Waals surface area contributed by atoms with Gasteiger partial charge in [0.15, 0.2) is 5.17 Å². The first-order valence-electron chi connectivity index (χ1n) is 10.9. The predicted octanol–water partition coefficient (Wildman–Crippen LogP) is 4.74. The molecule has 0 unspecified atom stereocenters. The molecule has 4 rings (SSSR count). The number of aromatic nitrogens is 2. The van der Waals surface area contributed by atoms with E-state index in [9.17, 15) is 4.79 Å². The molecule has 1 aromatic heterocycles. The van der Waals surface area contributed by atoms with E-state index in [1.165, 1.54) is 38.4 Å². The molecule has 0 bridgehead atoms. The molecule has 1 aromatic carbocycles. The number of carbonyl (C=O) groups excluding carboxylic acids is 1. The number of nitrogens with zero attached hydrogens (tertiary/aromatic N) is 4. The fourth-order valence-electron chi connectivity index (χ4n) is 4.02. The third-order valence-corrected chi connectivity index (χ3v) is 6.83. The van der Waals surface area contributed by atoms with E-state index < -0.39 is 0 Å². The molecule has 8 heteroatoms. The first-order valence-corrected chi connectivity index (χ1v) is 11.9. The highest BCUT2D eigenvalue weighted by molar-refractivity contribution is 8.15. The molecule has 31 heavy (non-hydrogen) atoms. The predicted molar refractivity (Wildman–Crippen MR) is 125 cm³/mol. The highest BCUT2D eigenvalue weighted by atomic mass is 32.2. The van der Waals surface area contributed by atoms with Crippen molar-refractivity contribution in [2.75, 3.05) is 33.2 Å². The van der Waals surface area contributed by atoms with Crippen molar-refractivity contribution in [3.8, 4) is 0 Å². The van der Waals surface area contributed by atoms with Gasteiger partial charge in [-0.05, 0) is 56.7 Å². The maximum Gasteiger partial charge on any atom is 0.337 e. The second-order valence-corrected chi connectivity index (χ2v) is 8.81. The third-order valence-electron chi connectivity index (χ3n) is 5.78. The Kier molecular flexibility index (Phi) is 7.29. The standard InChI is InChI=1S/C23H30N4O3S/c1-29-14-6-12-26-16-31-23(26)25-22-24-19-15-18(21(28)30-2)9-10-20(19)27(22)13-11-17-7-4-3-5-8-17/h7,9-10,15H,3-6,8,11-14,16H2,1-2H3/b25-23-. The van der Waals surface area contributed by atoms with Crippen molar-refractivity contribution in [3.05, 3.63) is 35.4 Å². The molecule has 2 heterocycles. The summed E-state index contributed by atoms with van der Waals surface area (Å²) < 4.78 is 12.2. The molecule has 0 N–H and O–H groups in total. The summed E-state index contributed by atoms with van der Waals surface area (Å²) in [5.74, 6) is 1.30. The molecule has 0 radical (unpaired) electrons. The zero-order valence-corrected chi connectivity index (χ0v) is 19.1. The lowest BCUT2D eigenvalue weighted by atomic mass is 9.97. The molecular weight excluding hydrogens is 412 g/mol. The van der Waals surface area contributed by atoms with Crippen LogP contribution in [0.5, 0.6) is 0 Å². The minimum Gasteiger partial charge on any atom is -0.465 e. The van der Waals surface area contributed by atoms with E-state index >= 15 is 0 Å². The smallest absolute Gasteiger partial charge is 0.337 e. The van der Waals surface area contributed by atoms with E-state index in [1.807, 2.05) is 6.07 Å². The van der Waals surface area contributed by atoms with Crippen LogP contribution in [0.4, 0.5) is 5.95 Å². The second kappa shape index (κ2) is 10.3. The third kappa shape index (κ3) is 5.13. The zero-order valence-electron chi connectivity index (χ0n) is 18.3. The molecule has 1 aliphatic heterocycles. The van der Waals surface area contributed by atoms with E-state index in [0.717, 1.165) is 54.6 Å². The number of aliphatic imine (C=N–C) groups is 1. The zero-order chi connectivity index (χ0) is 21.6. The Labute approximate surface area is 187 Å². The average Bonchev–Trinajstić information content (AvgIpc) is 3.14. The van der Waals surface area contributed by atoms with Gasteiger partial charge < -0.3 is 18.9 Å². The van der Waals surface area contributed by atoms with Crippen LogP contribution in [0, 0.1) is 0 Å². The summed E-state index contributed by atoms with van der Waals surface area (Å²) in [6.07, 6.45) is 9.32. The van der Waals surface area contributed by atoms with Crippen LogP contribution in [-0.4, -0.2) is 58.8 Å². The number of benzene rings is 1. The molecule has 2 aromatic rings. The number of imidazole rings is 1. The van der Waals surface area contributed by atoms with Gasteiger partial charge in [0.25, 0.3) is 0 Å². The number of amidine groups is 1. The number of ether oxygens (including phenoxy) is 2. The van der Waals surface area contributed by atoms with Gasteiger partial charge in [-0.1, -0.05) is 23.4 Å². The van der Waals surface area contributed by atoms with Crippen LogP contribution in [-0.2, 0) is 16.0 Å². The minimum atomic E-state index is -0.351. The number of fused-ring (bicyclic) bond motifs is 1. The summed E-state index contributed by atoms with van der Waals surface area (Å²) in [6, 6.07) is 5.56. The highest BCUT2D eigenvalue weighted by Crippen LogP contribution is 2.30. The summed E-state index contributed by atoms with van der Waals surface area (Å²) in [5.41, 5.74) is 3.80. The fraction of sp³-hybridized carbons (Fsp3) is 0.522. The summed E-state index contributed by atoms with van der Waals surface area (Å²) in [7, 11) is 3.12. The number of allylic oxidation sites excluding steroid dienone is 2. The number of rotatable bonds is 9. The van der Waals surface area contributed by atoms with Crippen LogP contribution in [0.3, 0.4) is 0 Å². The Morgan fingerprint density at radius 2 is 2.16 bits per heavy atom. The van der Waals surface area contributed by atoms with E-state index in [0.29, 0.717) is 11.5 Å². The van der Waals surface area contributed by atoms with E-state index in [1.54, 1.807) is 31.0 Å². The molecule has 1 saturated heterocycles. The lowest BCUT2D eigenvalue weighted by Crippen LogP contribution is -2.39.